The highest BCUT2D eigenvalue weighted by molar-refractivity contribution is 5.60. The van der Waals surface area contributed by atoms with Crippen molar-refractivity contribution in [2.24, 2.45) is 0 Å². The van der Waals surface area contributed by atoms with Gasteiger partial charge in [-0.2, -0.15) is 10.1 Å². The molecule has 5 heteroatoms. The van der Waals surface area contributed by atoms with Gasteiger partial charge in [0, 0.05) is 12.2 Å². The largest absolute Gasteiger partial charge is 0.353 e. The van der Waals surface area contributed by atoms with Crippen molar-refractivity contribution in [2.45, 2.75) is 33.1 Å². The molecule has 0 aliphatic heterocycles. The van der Waals surface area contributed by atoms with Crippen LogP contribution in [0.5, 0.6) is 0 Å². The maximum atomic E-state index is 4.42. The van der Waals surface area contributed by atoms with E-state index in [2.05, 4.69) is 45.7 Å². The van der Waals surface area contributed by atoms with Gasteiger partial charge < -0.3 is 10.6 Å². The quantitative estimate of drug-likeness (QED) is 0.756. The van der Waals surface area contributed by atoms with Gasteiger partial charge in [-0.15, -0.1) is 5.10 Å². The van der Waals surface area contributed by atoms with Crippen LogP contribution in [0.25, 0.3) is 0 Å². The number of aromatic nitrogens is 3. The summed E-state index contributed by atoms with van der Waals surface area (Å²) >= 11 is 0. The molecule has 0 fully saturated rings. The Labute approximate surface area is 119 Å². The summed E-state index contributed by atoms with van der Waals surface area (Å²) in [6.07, 6.45) is 4.85. The van der Waals surface area contributed by atoms with Crippen LogP contribution >= 0.6 is 0 Å². The molecule has 1 heterocycles. The summed E-state index contributed by atoms with van der Waals surface area (Å²) < 4.78 is 0. The van der Waals surface area contributed by atoms with Gasteiger partial charge >= 0.3 is 0 Å². The first-order chi connectivity index (χ1) is 9.83. The zero-order valence-electron chi connectivity index (χ0n) is 12.1. The number of unbranched alkanes of at least 4 members (excludes halogenated alkanes) is 1. The molecule has 0 aliphatic rings. The molecule has 0 atom stereocenters. The lowest BCUT2D eigenvalue weighted by molar-refractivity contribution is 0.819. The molecule has 1 aromatic carbocycles. The molecule has 0 radical (unpaired) electrons. The van der Waals surface area contributed by atoms with Crippen LogP contribution in [0.15, 0.2) is 30.5 Å². The van der Waals surface area contributed by atoms with Gasteiger partial charge in [-0.05, 0) is 24.5 Å². The Morgan fingerprint density at radius 3 is 2.80 bits per heavy atom. The van der Waals surface area contributed by atoms with Crippen molar-refractivity contribution in [1.29, 1.82) is 0 Å². The smallest absolute Gasteiger partial charge is 0.244 e. The number of nitrogens with one attached hydrogen (secondary N) is 2. The van der Waals surface area contributed by atoms with E-state index in [-0.39, 0.29) is 0 Å². The molecule has 0 amide bonds. The monoisotopic (exact) mass is 271 g/mol. The van der Waals surface area contributed by atoms with Gasteiger partial charge in [-0.25, -0.2) is 0 Å². The number of aryl methyl sites for hydroxylation is 1. The second kappa shape index (κ2) is 7.43. The van der Waals surface area contributed by atoms with Crippen molar-refractivity contribution < 1.29 is 0 Å². The van der Waals surface area contributed by atoms with Crippen LogP contribution in [0.2, 0.25) is 0 Å². The molecule has 0 bridgehead atoms. The number of hydrogen-bond acceptors (Lipinski definition) is 5. The van der Waals surface area contributed by atoms with E-state index in [4.69, 9.17) is 0 Å². The topological polar surface area (TPSA) is 62.7 Å². The summed E-state index contributed by atoms with van der Waals surface area (Å²) in [5, 5.41) is 14.4. The van der Waals surface area contributed by atoms with Crippen molar-refractivity contribution in [3.63, 3.8) is 0 Å². The molecule has 0 saturated heterocycles. The van der Waals surface area contributed by atoms with E-state index < -0.39 is 0 Å². The maximum Gasteiger partial charge on any atom is 0.244 e. The highest BCUT2D eigenvalue weighted by atomic mass is 15.3. The molecule has 106 valence electrons. The van der Waals surface area contributed by atoms with Crippen LogP contribution in [-0.4, -0.2) is 21.7 Å². The predicted octanol–water partition coefficient (Wildman–Crippen LogP) is 3.39. The van der Waals surface area contributed by atoms with Gasteiger partial charge in [0.15, 0.2) is 5.82 Å². The molecule has 0 spiro atoms. The van der Waals surface area contributed by atoms with E-state index in [0.717, 1.165) is 31.5 Å². The van der Waals surface area contributed by atoms with Crippen molar-refractivity contribution >= 4 is 17.5 Å². The second-order valence-corrected chi connectivity index (χ2v) is 4.58. The Kier molecular flexibility index (Phi) is 5.29. The normalized spacial score (nSPS) is 10.3. The number of rotatable bonds is 7. The van der Waals surface area contributed by atoms with E-state index in [9.17, 15) is 0 Å². The van der Waals surface area contributed by atoms with Crippen LogP contribution in [0.1, 0.15) is 32.3 Å². The van der Waals surface area contributed by atoms with Gasteiger partial charge in [0.2, 0.25) is 5.95 Å². The summed E-state index contributed by atoms with van der Waals surface area (Å²) in [4.78, 5) is 4.42. The first-order valence-electron chi connectivity index (χ1n) is 7.12. The number of nitrogens with zero attached hydrogens (tertiary/aromatic N) is 3. The number of para-hydroxylation sites is 1. The Morgan fingerprint density at radius 1 is 1.15 bits per heavy atom. The minimum atomic E-state index is 0.567. The summed E-state index contributed by atoms with van der Waals surface area (Å²) in [6.45, 7) is 5.16. The van der Waals surface area contributed by atoms with Crippen molar-refractivity contribution in [3.05, 3.63) is 36.0 Å². The van der Waals surface area contributed by atoms with Crippen molar-refractivity contribution in [3.8, 4) is 0 Å². The zero-order valence-corrected chi connectivity index (χ0v) is 12.1. The molecule has 2 N–H and O–H groups in total. The van der Waals surface area contributed by atoms with Gasteiger partial charge in [0.1, 0.15) is 0 Å². The molecular formula is C15H21N5. The minimum Gasteiger partial charge on any atom is -0.353 e. The summed E-state index contributed by atoms with van der Waals surface area (Å²) in [5.41, 5.74) is 2.32. The standard InChI is InChI=1S/C15H21N5/c1-3-5-10-16-15-19-14(11-17-20-15)18-13-9-7-6-8-12(13)4-2/h6-9,11H,3-5,10H2,1-2H3,(H2,16,18,19,20). The second-order valence-electron chi connectivity index (χ2n) is 4.58. The summed E-state index contributed by atoms with van der Waals surface area (Å²) in [6, 6.07) is 8.21. The zero-order chi connectivity index (χ0) is 14.2. The first-order valence-corrected chi connectivity index (χ1v) is 7.12. The highest BCUT2D eigenvalue weighted by Crippen LogP contribution is 2.19. The fourth-order valence-electron chi connectivity index (χ4n) is 1.90. The van der Waals surface area contributed by atoms with Crippen LogP contribution in [-0.2, 0) is 6.42 Å². The molecule has 0 aliphatic carbocycles. The lowest BCUT2D eigenvalue weighted by Gasteiger charge is -2.10. The SMILES string of the molecule is CCCCNc1nncc(Nc2ccccc2CC)n1. The highest BCUT2D eigenvalue weighted by Gasteiger charge is 2.03. The average molecular weight is 271 g/mol. The van der Waals surface area contributed by atoms with E-state index in [1.165, 1.54) is 5.56 Å². The van der Waals surface area contributed by atoms with Crippen LogP contribution < -0.4 is 10.6 Å². The van der Waals surface area contributed by atoms with E-state index in [0.29, 0.717) is 11.8 Å². The summed E-state index contributed by atoms with van der Waals surface area (Å²) in [7, 11) is 0. The Hall–Kier alpha value is -2.17. The molecule has 0 saturated carbocycles. The van der Waals surface area contributed by atoms with Gasteiger partial charge in [0.25, 0.3) is 0 Å². The van der Waals surface area contributed by atoms with Crippen molar-refractivity contribution in [2.75, 3.05) is 17.2 Å². The fraction of sp³-hybridized carbons (Fsp3) is 0.400. The molecule has 1 aromatic heterocycles. The Bertz CT molecular complexity index is 541. The number of benzene rings is 1. The molecule has 5 nitrogen and oxygen atoms in total. The van der Waals surface area contributed by atoms with E-state index in [1.54, 1.807) is 6.20 Å². The Balaban J connectivity index is 2.07. The Morgan fingerprint density at radius 2 is 2.00 bits per heavy atom. The first kappa shape index (κ1) is 14.2. The van der Waals surface area contributed by atoms with E-state index >= 15 is 0 Å². The van der Waals surface area contributed by atoms with Crippen LogP contribution in [0.3, 0.4) is 0 Å². The lowest BCUT2D eigenvalue weighted by atomic mass is 10.1. The molecule has 0 unspecified atom stereocenters. The van der Waals surface area contributed by atoms with Crippen LogP contribution in [0, 0.1) is 0 Å². The number of anilines is 3. The molecule has 20 heavy (non-hydrogen) atoms. The third-order valence-corrected chi connectivity index (χ3v) is 3.03. The number of hydrogen-bond donors (Lipinski definition) is 2. The molecule has 2 rings (SSSR count). The van der Waals surface area contributed by atoms with Crippen LogP contribution in [0.4, 0.5) is 17.5 Å². The third kappa shape index (κ3) is 3.91. The van der Waals surface area contributed by atoms with E-state index in [1.807, 2.05) is 18.2 Å². The van der Waals surface area contributed by atoms with Crippen molar-refractivity contribution in [1.82, 2.24) is 15.2 Å². The average Bonchev–Trinajstić information content (AvgIpc) is 2.48. The summed E-state index contributed by atoms with van der Waals surface area (Å²) in [5.74, 6) is 1.28. The predicted molar refractivity (Wildman–Crippen MR) is 82.3 cm³/mol. The maximum absolute atomic E-state index is 4.42. The molecule has 2 aromatic rings. The van der Waals surface area contributed by atoms with Gasteiger partial charge in [0.05, 0.1) is 6.20 Å². The molecular weight excluding hydrogens is 250 g/mol. The van der Waals surface area contributed by atoms with Gasteiger partial charge in [-0.1, -0.05) is 38.5 Å². The minimum absolute atomic E-state index is 0.567. The fourth-order valence-corrected chi connectivity index (χ4v) is 1.90. The third-order valence-electron chi connectivity index (χ3n) is 3.03. The lowest BCUT2D eigenvalue weighted by Crippen LogP contribution is -2.07. The van der Waals surface area contributed by atoms with Gasteiger partial charge in [-0.3, -0.25) is 0 Å².